The van der Waals surface area contributed by atoms with Gasteiger partial charge in [0.15, 0.2) is 4.34 Å². The Bertz CT molecular complexity index is 710. The van der Waals surface area contributed by atoms with Gasteiger partial charge < -0.3 is 4.90 Å². The lowest BCUT2D eigenvalue weighted by molar-refractivity contribution is -0.384. The number of fused-ring (bicyclic) bond motifs is 1. The molecule has 0 bridgehead atoms. The molecule has 1 saturated heterocycles. The van der Waals surface area contributed by atoms with Gasteiger partial charge in [0, 0.05) is 25.2 Å². The molecule has 3 rings (SSSR count). The van der Waals surface area contributed by atoms with E-state index < -0.39 is 4.92 Å². The van der Waals surface area contributed by atoms with Crippen molar-refractivity contribution in [3.8, 4) is 0 Å². The van der Waals surface area contributed by atoms with Gasteiger partial charge in [-0.1, -0.05) is 11.8 Å². The van der Waals surface area contributed by atoms with E-state index in [2.05, 4.69) is 4.98 Å². The quantitative estimate of drug-likeness (QED) is 0.486. The Hall–Kier alpha value is -1.67. The van der Waals surface area contributed by atoms with E-state index in [1.807, 2.05) is 4.90 Å². The minimum atomic E-state index is -0.411. The first-order chi connectivity index (χ1) is 10.6. The van der Waals surface area contributed by atoms with Gasteiger partial charge in [-0.05, 0) is 25.3 Å². The van der Waals surface area contributed by atoms with E-state index in [9.17, 15) is 14.9 Å². The van der Waals surface area contributed by atoms with Gasteiger partial charge in [-0.15, -0.1) is 11.3 Å². The van der Waals surface area contributed by atoms with E-state index in [0.29, 0.717) is 5.75 Å². The van der Waals surface area contributed by atoms with Crippen molar-refractivity contribution in [1.29, 1.82) is 0 Å². The normalized spacial score (nSPS) is 15.2. The summed E-state index contributed by atoms with van der Waals surface area (Å²) in [5.41, 5.74) is 0.806. The maximum Gasteiger partial charge on any atom is 0.270 e. The highest BCUT2D eigenvalue weighted by Gasteiger charge is 2.17. The number of nitrogens with zero attached hydrogens (tertiary/aromatic N) is 3. The third kappa shape index (κ3) is 3.38. The van der Waals surface area contributed by atoms with Crippen LogP contribution in [0.5, 0.6) is 0 Å². The lowest BCUT2D eigenvalue weighted by atomic mass is 10.1. The SMILES string of the molecule is O=C(CSc1nc2ccc([N+](=O)[O-])cc2s1)N1CCCCC1. The summed E-state index contributed by atoms with van der Waals surface area (Å²) in [7, 11) is 0. The Kier molecular flexibility index (Phi) is 4.58. The predicted molar refractivity (Wildman–Crippen MR) is 87.4 cm³/mol. The second-order valence-electron chi connectivity index (χ2n) is 5.12. The van der Waals surface area contributed by atoms with Crippen molar-refractivity contribution in [2.75, 3.05) is 18.8 Å². The number of hydrogen-bond acceptors (Lipinski definition) is 6. The molecule has 1 aliphatic rings. The van der Waals surface area contributed by atoms with E-state index in [1.54, 1.807) is 6.07 Å². The minimum absolute atomic E-state index is 0.0668. The van der Waals surface area contributed by atoms with Crippen LogP contribution < -0.4 is 0 Å². The number of thiazole rings is 1. The maximum absolute atomic E-state index is 12.1. The molecule has 116 valence electrons. The molecule has 8 heteroatoms. The molecule has 1 fully saturated rings. The fourth-order valence-electron chi connectivity index (χ4n) is 2.43. The van der Waals surface area contributed by atoms with E-state index in [-0.39, 0.29) is 11.6 Å². The first-order valence-corrected chi connectivity index (χ1v) is 8.89. The van der Waals surface area contributed by atoms with Crippen LogP contribution in [-0.4, -0.2) is 39.6 Å². The molecule has 1 aromatic carbocycles. The molecule has 0 radical (unpaired) electrons. The molecule has 0 N–H and O–H groups in total. The number of nitro groups is 1. The highest BCUT2D eigenvalue weighted by Crippen LogP contribution is 2.32. The molecular formula is C14H15N3O3S2. The number of piperidine rings is 1. The summed E-state index contributed by atoms with van der Waals surface area (Å²) in [5.74, 6) is 0.525. The van der Waals surface area contributed by atoms with E-state index in [4.69, 9.17) is 0 Å². The molecule has 0 spiro atoms. The molecule has 0 aliphatic carbocycles. The van der Waals surface area contributed by atoms with Gasteiger partial charge in [0.1, 0.15) is 0 Å². The monoisotopic (exact) mass is 337 g/mol. The van der Waals surface area contributed by atoms with Crippen LogP contribution in [0.1, 0.15) is 19.3 Å². The molecule has 0 unspecified atom stereocenters. The fraction of sp³-hybridized carbons (Fsp3) is 0.429. The molecule has 0 saturated carbocycles. The van der Waals surface area contributed by atoms with Crippen molar-refractivity contribution < 1.29 is 9.72 Å². The zero-order chi connectivity index (χ0) is 15.5. The van der Waals surface area contributed by atoms with Crippen molar-refractivity contribution in [3.05, 3.63) is 28.3 Å². The van der Waals surface area contributed by atoms with Crippen LogP contribution in [0.15, 0.2) is 22.5 Å². The zero-order valence-electron chi connectivity index (χ0n) is 11.9. The summed E-state index contributed by atoms with van der Waals surface area (Å²) in [5, 5.41) is 10.8. The second kappa shape index (κ2) is 6.62. The standard InChI is InChI=1S/C14H15N3O3S2/c18-13(16-6-2-1-3-7-16)9-21-14-15-11-5-4-10(17(19)20)8-12(11)22-14/h4-5,8H,1-3,6-7,9H2. The number of aromatic nitrogens is 1. The number of non-ortho nitro benzene ring substituents is 1. The number of thioether (sulfide) groups is 1. The summed E-state index contributed by atoms with van der Waals surface area (Å²) < 4.78 is 1.56. The van der Waals surface area contributed by atoms with Crippen molar-refractivity contribution in [1.82, 2.24) is 9.88 Å². The van der Waals surface area contributed by atoms with Gasteiger partial charge in [-0.25, -0.2) is 4.98 Å². The van der Waals surface area contributed by atoms with E-state index in [1.165, 1.54) is 41.7 Å². The molecule has 2 heterocycles. The van der Waals surface area contributed by atoms with Crippen LogP contribution in [0.3, 0.4) is 0 Å². The van der Waals surface area contributed by atoms with Gasteiger partial charge in [0.05, 0.1) is 20.9 Å². The lowest BCUT2D eigenvalue weighted by Crippen LogP contribution is -2.36. The number of amides is 1. The van der Waals surface area contributed by atoms with Crippen LogP contribution in [-0.2, 0) is 4.79 Å². The van der Waals surface area contributed by atoms with Gasteiger partial charge in [-0.3, -0.25) is 14.9 Å². The fourth-order valence-corrected chi connectivity index (χ4v) is 4.43. The van der Waals surface area contributed by atoms with Crippen LogP contribution in [0, 0.1) is 10.1 Å². The van der Waals surface area contributed by atoms with Crippen LogP contribution in [0.2, 0.25) is 0 Å². The third-order valence-electron chi connectivity index (χ3n) is 3.59. The number of hydrogen-bond donors (Lipinski definition) is 0. The van der Waals surface area contributed by atoms with Crippen molar-refractivity contribution >= 4 is 44.9 Å². The first kappa shape index (κ1) is 15.2. The third-order valence-corrected chi connectivity index (χ3v) is 5.74. The largest absolute Gasteiger partial charge is 0.342 e. The van der Waals surface area contributed by atoms with Crippen LogP contribution >= 0.6 is 23.1 Å². The topological polar surface area (TPSA) is 76.3 Å². The molecule has 6 nitrogen and oxygen atoms in total. The highest BCUT2D eigenvalue weighted by molar-refractivity contribution is 8.01. The Morgan fingerprint density at radius 1 is 1.36 bits per heavy atom. The summed E-state index contributed by atoms with van der Waals surface area (Å²) >= 11 is 2.80. The second-order valence-corrected chi connectivity index (χ2v) is 7.37. The number of nitro benzene ring substituents is 1. The smallest absolute Gasteiger partial charge is 0.270 e. The first-order valence-electron chi connectivity index (χ1n) is 7.09. The lowest BCUT2D eigenvalue weighted by Gasteiger charge is -2.26. The van der Waals surface area contributed by atoms with E-state index in [0.717, 1.165) is 40.5 Å². The number of benzene rings is 1. The molecule has 1 aromatic heterocycles. The van der Waals surface area contributed by atoms with E-state index >= 15 is 0 Å². The summed E-state index contributed by atoms with van der Waals surface area (Å²) in [4.78, 5) is 28.8. The summed E-state index contributed by atoms with van der Waals surface area (Å²) in [6, 6.07) is 4.64. The Morgan fingerprint density at radius 2 is 2.14 bits per heavy atom. The molecule has 0 atom stereocenters. The van der Waals surface area contributed by atoms with Crippen molar-refractivity contribution in [3.63, 3.8) is 0 Å². The molecular weight excluding hydrogens is 322 g/mol. The predicted octanol–water partition coefficient (Wildman–Crippen LogP) is 3.31. The average Bonchev–Trinajstić information content (AvgIpc) is 2.95. The molecule has 1 aliphatic heterocycles. The number of carbonyl (C=O) groups is 1. The number of likely N-dealkylation sites (tertiary alicyclic amines) is 1. The van der Waals surface area contributed by atoms with Crippen LogP contribution in [0.4, 0.5) is 5.69 Å². The number of rotatable bonds is 4. The Labute approximate surface area is 135 Å². The van der Waals surface area contributed by atoms with Gasteiger partial charge in [-0.2, -0.15) is 0 Å². The van der Waals surface area contributed by atoms with Crippen LogP contribution in [0.25, 0.3) is 10.2 Å². The minimum Gasteiger partial charge on any atom is -0.342 e. The molecule has 2 aromatic rings. The highest BCUT2D eigenvalue weighted by atomic mass is 32.2. The van der Waals surface area contributed by atoms with Crippen molar-refractivity contribution in [2.24, 2.45) is 0 Å². The average molecular weight is 337 g/mol. The number of carbonyl (C=O) groups excluding carboxylic acids is 1. The van der Waals surface area contributed by atoms with Gasteiger partial charge in [0.2, 0.25) is 5.91 Å². The Morgan fingerprint density at radius 3 is 2.86 bits per heavy atom. The zero-order valence-corrected chi connectivity index (χ0v) is 13.5. The molecule has 1 amide bonds. The molecule has 22 heavy (non-hydrogen) atoms. The maximum atomic E-state index is 12.1. The van der Waals surface area contributed by atoms with Gasteiger partial charge >= 0.3 is 0 Å². The summed E-state index contributed by atoms with van der Waals surface area (Å²) in [6.07, 6.45) is 3.37. The summed E-state index contributed by atoms with van der Waals surface area (Å²) in [6.45, 7) is 1.71. The van der Waals surface area contributed by atoms with Crippen molar-refractivity contribution in [2.45, 2.75) is 23.6 Å². The van der Waals surface area contributed by atoms with Gasteiger partial charge in [0.25, 0.3) is 5.69 Å². The Balaban J connectivity index is 1.66.